The highest BCUT2D eigenvalue weighted by Gasteiger charge is 2.40. The zero-order valence-corrected chi connectivity index (χ0v) is 32.0. The summed E-state index contributed by atoms with van der Waals surface area (Å²) in [6, 6.07) is 28.4. The summed E-state index contributed by atoms with van der Waals surface area (Å²) in [5, 5.41) is 0. The van der Waals surface area contributed by atoms with Gasteiger partial charge in [-0.3, -0.25) is 0 Å². The fraction of sp³-hybridized carbons (Fsp3) is 0.455. The summed E-state index contributed by atoms with van der Waals surface area (Å²) in [6.45, 7) is 11.0. The molecule has 4 aromatic carbocycles. The predicted octanol–water partition coefficient (Wildman–Crippen LogP) is 12.1. The Kier molecular flexibility index (Phi) is 14.1. The van der Waals surface area contributed by atoms with Crippen LogP contribution in [0.15, 0.2) is 89.4 Å². The number of ether oxygens (including phenoxy) is 4. The van der Waals surface area contributed by atoms with Gasteiger partial charge in [0.05, 0.1) is 36.3 Å². The Hall–Kier alpha value is -3.03. The van der Waals surface area contributed by atoms with Crippen molar-refractivity contribution in [3.05, 3.63) is 112 Å². The van der Waals surface area contributed by atoms with Gasteiger partial charge in [-0.15, -0.1) is 0 Å². The van der Waals surface area contributed by atoms with Crippen LogP contribution in [-0.2, 0) is 33.7 Å². The monoisotopic (exact) mass is 744 g/mol. The van der Waals surface area contributed by atoms with Crippen LogP contribution in [0, 0.1) is 11.2 Å². The summed E-state index contributed by atoms with van der Waals surface area (Å²) >= 11 is 3.80. The van der Waals surface area contributed by atoms with Crippen LogP contribution in [-0.4, -0.2) is 32.2 Å². The Morgan fingerprint density at radius 2 is 1.46 bits per heavy atom. The van der Waals surface area contributed by atoms with Crippen molar-refractivity contribution in [1.82, 2.24) is 0 Å². The Labute approximate surface area is 307 Å². The van der Waals surface area contributed by atoms with Crippen LogP contribution in [0.25, 0.3) is 22.3 Å². The number of unbranched alkanes of at least 4 members (excludes halogenated alkanes) is 4. The standard InChI is InChI=1S/C44H54BrFO4/c1-5-7-8-9-11-15-33-19-21-35(22-20-33)36-23-24-39(41(46)28-36)38-26-37(18-14-25-47-29-34-16-12-10-13-17-34)42(40(45)27-38)48-30-44(6-2)31-49-43(3,4)50-32-44/h10,12-13,16-17,19-24,26-28H,5-9,11,14-15,18,25,29-32H2,1-4H3. The Bertz CT molecular complexity index is 1630. The fourth-order valence-corrected chi connectivity index (χ4v) is 6.98. The first-order valence-electron chi connectivity index (χ1n) is 18.4. The van der Waals surface area contributed by atoms with Gasteiger partial charge >= 0.3 is 0 Å². The largest absolute Gasteiger partial charge is 0.491 e. The van der Waals surface area contributed by atoms with Gasteiger partial charge < -0.3 is 18.9 Å². The molecule has 6 heteroatoms. The molecule has 5 rings (SSSR count). The summed E-state index contributed by atoms with van der Waals surface area (Å²) in [5.74, 6) is -0.0659. The van der Waals surface area contributed by atoms with Gasteiger partial charge in [-0.05, 0) is 113 Å². The average molecular weight is 746 g/mol. The highest BCUT2D eigenvalue weighted by molar-refractivity contribution is 9.10. The smallest absolute Gasteiger partial charge is 0.162 e. The van der Waals surface area contributed by atoms with Crippen molar-refractivity contribution in [3.63, 3.8) is 0 Å². The van der Waals surface area contributed by atoms with E-state index in [0.717, 1.165) is 63.7 Å². The third-order valence-electron chi connectivity index (χ3n) is 9.83. The molecule has 1 saturated heterocycles. The molecule has 0 atom stereocenters. The van der Waals surface area contributed by atoms with Gasteiger partial charge in [-0.25, -0.2) is 4.39 Å². The predicted molar refractivity (Wildman–Crippen MR) is 206 cm³/mol. The molecular weight excluding hydrogens is 691 g/mol. The second-order valence-corrected chi connectivity index (χ2v) is 15.1. The van der Waals surface area contributed by atoms with E-state index in [1.165, 1.54) is 37.7 Å². The molecule has 1 heterocycles. The van der Waals surface area contributed by atoms with Crippen molar-refractivity contribution in [3.8, 4) is 28.0 Å². The zero-order valence-electron chi connectivity index (χ0n) is 30.4. The Morgan fingerprint density at radius 1 is 0.740 bits per heavy atom. The van der Waals surface area contributed by atoms with Gasteiger partial charge in [0.15, 0.2) is 5.79 Å². The van der Waals surface area contributed by atoms with E-state index < -0.39 is 5.79 Å². The lowest BCUT2D eigenvalue weighted by atomic mass is 9.87. The molecule has 268 valence electrons. The molecule has 0 spiro atoms. The van der Waals surface area contributed by atoms with Crippen molar-refractivity contribution in [2.24, 2.45) is 5.41 Å². The molecular formula is C44H54BrFO4. The molecule has 0 N–H and O–H groups in total. The zero-order chi connectivity index (χ0) is 35.4. The maximum atomic E-state index is 15.9. The maximum Gasteiger partial charge on any atom is 0.162 e. The topological polar surface area (TPSA) is 36.9 Å². The third kappa shape index (κ3) is 10.7. The van der Waals surface area contributed by atoms with Gasteiger partial charge in [-0.1, -0.05) is 106 Å². The molecule has 0 bridgehead atoms. The van der Waals surface area contributed by atoms with E-state index in [-0.39, 0.29) is 11.2 Å². The van der Waals surface area contributed by atoms with Crippen LogP contribution in [0.4, 0.5) is 4.39 Å². The number of hydrogen-bond acceptors (Lipinski definition) is 4. The van der Waals surface area contributed by atoms with Crippen LogP contribution < -0.4 is 4.74 Å². The van der Waals surface area contributed by atoms with Gasteiger partial charge in [0.25, 0.3) is 0 Å². The van der Waals surface area contributed by atoms with Crippen LogP contribution >= 0.6 is 15.9 Å². The number of halogens is 2. The van der Waals surface area contributed by atoms with Crippen LogP contribution in [0.3, 0.4) is 0 Å². The number of hydrogen-bond donors (Lipinski definition) is 0. The molecule has 0 aromatic heterocycles. The summed E-state index contributed by atoms with van der Waals surface area (Å²) in [6.07, 6.45) is 9.84. The van der Waals surface area contributed by atoms with E-state index in [2.05, 4.69) is 72.2 Å². The normalized spacial score (nSPS) is 15.2. The lowest BCUT2D eigenvalue weighted by Crippen LogP contribution is -2.49. The van der Waals surface area contributed by atoms with E-state index >= 15 is 4.39 Å². The van der Waals surface area contributed by atoms with Crippen molar-refractivity contribution in [2.45, 2.75) is 97.9 Å². The molecule has 0 amide bonds. The van der Waals surface area contributed by atoms with Gasteiger partial charge in [0.1, 0.15) is 11.6 Å². The molecule has 0 saturated carbocycles. The first-order valence-corrected chi connectivity index (χ1v) is 19.2. The summed E-state index contributed by atoms with van der Waals surface area (Å²) in [5.41, 5.74) is 6.52. The van der Waals surface area contributed by atoms with E-state index in [1.54, 1.807) is 6.07 Å². The molecule has 1 fully saturated rings. The number of aryl methyl sites for hydroxylation is 2. The van der Waals surface area contributed by atoms with Gasteiger partial charge in [-0.2, -0.15) is 0 Å². The Morgan fingerprint density at radius 3 is 2.16 bits per heavy atom. The third-order valence-corrected chi connectivity index (χ3v) is 10.4. The van der Waals surface area contributed by atoms with Crippen molar-refractivity contribution >= 4 is 15.9 Å². The fourth-order valence-electron chi connectivity index (χ4n) is 6.36. The second-order valence-electron chi connectivity index (χ2n) is 14.3. The van der Waals surface area contributed by atoms with Crippen molar-refractivity contribution < 1.29 is 23.3 Å². The van der Waals surface area contributed by atoms with Gasteiger partial charge in [0.2, 0.25) is 0 Å². The molecule has 50 heavy (non-hydrogen) atoms. The quantitative estimate of drug-likeness (QED) is 0.0951. The summed E-state index contributed by atoms with van der Waals surface area (Å²) in [4.78, 5) is 0. The SMILES string of the molecule is CCCCCCCc1ccc(-c2ccc(-c3cc(Br)c(OCC4(CC)COC(C)(C)OC4)c(CCCOCc4ccccc4)c3)c(F)c2)cc1. The minimum Gasteiger partial charge on any atom is -0.491 e. The van der Waals surface area contributed by atoms with Crippen LogP contribution in [0.2, 0.25) is 0 Å². The molecule has 0 unspecified atom stereocenters. The number of rotatable bonds is 18. The van der Waals surface area contributed by atoms with Gasteiger partial charge in [0, 0.05) is 12.2 Å². The van der Waals surface area contributed by atoms with E-state index in [0.29, 0.717) is 38.6 Å². The molecule has 0 aliphatic carbocycles. The lowest BCUT2D eigenvalue weighted by molar-refractivity contribution is -0.289. The maximum absolute atomic E-state index is 15.9. The number of benzene rings is 4. The molecule has 1 aliphatic rings. The minimum atomic E-state index is -0.595. The van der Waals surface area contributed by atoms with Crippen molar-refractivity contribution in [1.29, 1.82) is 0 Å². The van der Waals surface area contributed by atoms with Crippen LogP contribution in [0.1, 0.15) is 89.3 Å². The molecule has 4 nitrogen and oxygen atoms in total. The molecule has 1 aliphatic heterocycles. The van der Waals surface area contributed by atoms with Crippen molar-refractivity contribution in [2.75, 3.05) is 26.4 Å². The molecule has 4 aromatic rings. The van der Waals surface area contributed by atoms with E-state index in [1.807, 2.05) is 50.2 Å². The highest BCUT2D eigenvalue weighted by atomic mass is 79.9. The van der Waals surface area contributed by atoms with E-state index in [9.17, 15) is 0 Å². The summed E-state index contributed by atoms with van der Waals surface area (Å²) in [7, 11) is 0. The van der Waals surface area contributed by atoms with E-state index in [4.69, 9.17) is 18.9 Å². The lowest BCUT2D eigenvalue weighted by Gasteiger charge is -2.42. The molecule has 0 radical (unpaired) electrons. The minimum absolute atomic E-state index is 0.246. The average Bonchev–Trinajstić information content (AvgIpc) is 3.12. The second kappa shape index (κ2) is 18.5. The first kappa shape index (κ1) is 38.2. The van der Waals surface area contributed by atoms with Crippen LogP contribution in [0.5, 0.6) is 5.75 Å². The Balaban J connectivity index is 1.31. The summed E-state index contributed by atoms with van der Waals surface area (Å²) < 4.78 is 41.4. The highest BCUT2D eigenvalue weighted by Crippen LogP contribution is 2.40. The first-order chi connectivity index (χ1) is 24.2.